The van der Waals surface area contributed by atoms with Gasteiger partial charge in [0.15, 0.2) is 34.9 Å². The number of hydrogen-bond donors (Lipinski definition) is 0. The number of fused-ring (bicyclic) bond motifs is 2. The summed E-state index contributed by atoms with van der Waals surface area (Å²) in [6.45, 7) is 25.7. The van der Waals surface area contributed by atoms with Crippen LogP contribution in [-0.4, -0.2) is 40.8 Å². The van der Waals surface area contributed by atoms with Gasteiger partial charge < -0.3 is 0 Å². The highest BCUT2D eigenvalue weighted by atomic mass is 15.5. The average molecular weight is 773 g/mol. The molecule has 0 fully saturated rings. The van der Waals surface area contributed by atoms with Crippen LogP contribution in [0, 0.1) is 0 Å². The van der Waals surface area contributed by atoms with Gasteiger partial charge in [-0.3, -0.25) is 19.6 Å². The molecule has 0 amide bonds. The van der Waals surface area contributed by atoms with Gasteiger partial charge >= 0.3 is 0 Å². The van der Waals surface area contributed by atoms with Crippen LogP contribution in [0.15, 0.2) is 109 Å². The zero-order valence-corrected chi connectivity index (χ0v) is 35.6. The summed E-state index contributed by atoms with van der Waals surface area (Å²) in [5.74, 6) is 3.95. The van der Waals surface area contributed by atoms with Gasteiger partial charge in [0.05, 0.1) is 45.5 Å². The standard InChI is InChI=1S/C46H52N12/c1-43(2,3)33-21-25-37(51-47-33)55-29-17-13-14-18-30(29)56(38-26-22-34(48-52-38)44(4,5)6)41(55)42-57(39-27-23-35(49-53-39)45(7,8)9)31-19-15-16-20-32(31)58(42)40-28-24-36(50-54-40)46(10,11)12/h13-28H,1-12H3. The Morgan fingerprint density at radius 3 is 0.638 bits per heavy atom. The lowest BCUT2D eigenvalue weighted by atomic mass is 9.92. The van der Waals surface area contributed by atoms with Crippen molar-refractivity contribution in [1.29, 1.82) is 0 Å². The molecule has 6 aromatic rings. The second-order valence-corrected chi connectivity index (χ2v) is 19.1. The maximum Gasteiger partial charge on any atom is 0.168 e. The summed E-state index contributed by atoms with van der Waals surface area (Å²) < 4.78 is 0. The maximum atomic E-state index is 4.93. The van der Waals surface area contributed by atoms with Crippen LogP contribution < -0.4 is 19.6 Å². The first-order chi connectivity index (χ1) is 27.3. The van der Waals surface area contributed by atoms with Crippen molar-refractivity contribution in [3.8, 4) is 0 Å². The number of nitrogens with zero attached hydrogens (tertiary/aromatic N) is 12. The fourth-order valence-corrected chi connectivity index (χ4v) is 7.05. The molecule has 2 aromatic carbocycles. The highest BCUT2D eigenvalue weighted by Gasteiger charge is 2.46. The Morgan fingerprint density at radius 1 is 0.276 bits per heavy atom. The molecular formula is C46H52N12. The lowest BCUT2D eigenvalue weighted by Crippen LogP contribution is -2.35. The van der Waals surface area contributed by atoms with E-state index in [9.17, 15) is 0 Å². The number of hydrogen-bond acceptors (Lipinski definition) is 12. The topological polar surface area (TPSA) is 116 Å². The first kappa shape index (κ1) is 38.6. The predicted molar refractivity (Wildman–Crippen MR) is 231 cm³/mol. The predicted octanol–water partition coefficient (Wildman–Crippen LogP) is 10.4. The quantitative estimate of drug-likeness (QED) is 0.170. The summed E-state index contributed by atoms with van der Waals surface area (Å²) in [5, 5.41) is 38.9. The highest BCUT2D eigenvalue weighted by Crippen LogP contribution is 2.56. The first-order valence-electron chi connectivity index (χ1n) is 19.8. The number of anilines is 8. The third-order valence-corrected chi connectivity index (χ3v) is 10.4. The Morgan fingerprint density at radius 2 is 0.483 bits per heavy atom. The molecule has 296 valence electrons. The van der Waals surface area contributed by atoms with Gasteiger partial charge in [0.1, 0.15) is 0 Å². The third kappa shape index (κ3) is 6.80. The van der Waals surface area contributed by atoms with E-state index < -0.39 is 0 Å². The largest absolute Gasteiger partial charge is 0.273 e. The van der Waals surface area contributed by atoms with E-state index in [0.717, 1.165) is 57.2 Å². The van der Waals surface area contributed by atoms with Gasteiger partial charge in [0.2, 0.25) is 0 Å². The third-order valence-electron chi connectivity index (χ3n) is 10.4. The van der Waals surface area contributed by atoms with E-state index in [0.29, 0.717) is 23.3 Å². The van der Waals surface area contributed by atoms with Crippen molar-refractivity contribution in [2.45, 2.75) is 105 Å². The molecule has 8 rings (SSSR count). The molecule has 4 aromatic heterocycles. The Labute approximate surface area is 341 Å². The molecule has 0 saturated heterocycles. The fraction of sp³-hybridized carbons (Fsp3) is 0.348. The summed E-state index contributed by atoms with van der Waals surface area (Å²) in [6.07, 6.45) is 0. The van der Waals surface area contributed by atoms with Gasteiger partial charge in [-0.15, -0.1) is 20.4 Å². The molecular weight excluding hydrogens is 721 g/mol. The minimum Gasteiger partial charge on any atom is -0.273 e. The van der Waals surface area contributed by atoms with Gasteiger partial charge in [-0.2, -0.15) is 20.4 Å². The van der Waals surface area contributed by atoms with E-state index in [1.165, 1.54) is 0 Å². The fourth-order valence-electron chi connectivity index (χ4n) is 7.05. The average Bonchev–Trinajstić information content (AvgIpc) is 3.70. The molecule has 12 nitrogen and oxygen atoms in total. The molecule has 6 heterocycles. The molecule has 0 atom stereocenters. The smallest absolute Gasteiger partial charge is 0.168 e. The molecule has 0 N–H and O–H groups in total. The molecule has 0 bridgehead atoms. The molecule has 58 heavy (non-hydrogen) atoms. The second-order valence-electron chi connectivity index (χ2n) is 19.1. The summed E-state index contributed by atoms with van der Waals surface area (Å²) >= 11 is 0. The molecule has 2 aliphatic rings. The number of para-hydroxylation sites is 4. The normalized spacial score (nSPS) is 14.7. The van der Waals surface area contributed by atoms with Crippen molar-refractivity contribution in [2.75, 3.05) is 19.6 Å². The Balaban J connectivity index is 1.48. The summed E-state index contributed by atoms with van der Waals surface area (Å²) in [4.78, 5) is 8.57. The minimum atomic E-state index is -0.192. The lowest BCUT2D eigenvalue weighted by molar-refractivity contribution is 0.558. The minimum absolute atomic E-state index is 0.192. The van der Waals surface area contributed by atoms with Crippen LogP contribution in [0.5, 0.6) is 0 Å². The van der Waals surface area contributed by atoms with Gasteiger partial charge in [0, 0.05) is 21.7 Å². The van der Waals surface area contributed by atoms with Crippen LogP contribution in [0.4, 0.5) is 46.0 Å². The summed E-state index contributed by atoms with van der Waals surface area (Å²) in [5.41, 5.74) is 6.35. The highest BCUT2D eigenvalue weighted by molar-refractivity contribution is 5.98. The number of aromatic nitrogens is 8. The van der Waals surface area contributed by atoms with E-state index in [1.807, 2.05) is 48.5 Å². The molecule has 0 saturated carbocycles. The van der Waals surface area contributed by atoms with Crippen LogP contribution in [0.2, 0.25) is 0 Å². The van der Waals surface area contributed by atoms with E-state index in [-0.39, 0.29) is 21.7 Å². The van der Waals surface area contributed by atoms with Gasteiger partial charge in [-0.05, 0) is 72.8 Å². The summed E-state index contributed by atoms with van der Waals surface area (Å²) in [7, 11) is 0. The SMILES string of the molecule is CC(C)(C)c1ccc(N2C(=C3N(c4ccc(C(C)(C)C)nn4)c4ccccc4N3c3ccc(C(C)(C)C)nn3)N(c3ccc(C(C)(C)C)nn3)c3ccccc32)nn1. The van der Waals surface area contributed by atoms with Crippen molar-refractivity contribution >= 4 is 46.0 Å². The first-order valence-corrected chi connectivity index (χ1v) is 19.8. The Hall–Kier alpha value is -6.30. The zero-order chi connectivity index (χ0) is 41.4. The van der Waals surface area contributed by atoms with Crippen LogP contribution in [-0.2, 0) is 21.7 Å². The van der Waals surface area contributed by atoms with E-state index >= 15 is 0 Å². The van der Waals surface area contributed by atoms with Crippen LogP contribution >= 0.6 is 0 Å². The molecule has 0 unspecified atom stereocenters. The molecule has 0 spiro atoms. The summed E-state index contributed by atoms with van der Waals surface area (Å²) in [6, 6.07) is 32.9. The van der Waals surface area contributed by atoms with Gasteiger partial charge in [-0.1, -0.05) is 107 Å². The zero-order valence-electron chi connectivity index (χ0n) is 35.6. The molecule has 2 aliphatic heterocycles. The van der Waals surface area contributed by atoms with Crippen LogP contribution in [0.1, 0.15) is 106 Å². The maximum absolute atomic E-state index is 4.93. The van der Waals surface area contributed by atoms with Crippen molar-refractivity contribution in [1.82, 2.24) is 40.8 Å². The van der Waals surface area contributed by atoms with E-state index in [1.54, 1.807) is 0 Å². The molecule has 0 aliphatic carbocycles. The number of rotatable bonds is 4. The lowest BCUT2D eigenvalue weighted by Gasteiger charge is -2.32. The van der Waals surface area contributed by atoms with Crippen molar-refractivity contribution < 1.29 is 0 Å². The van der Waals surface area contributed by atoms with Crippen LogP contribution in [0.25, 0.3) is 0 Å². The molecule has 12 heteroatoms. The Bertz CT molecular complexity index is 2130. The van der Waals surface area contributed by atoms with Crippen molar-refractivity contribution in [3.63, 3.8) is 0 Å². The van der Waals surface area contributed by atoms with E-state index in [2.05, 4.69) is 151 Å². The van der Waals surface area contributed by atoms with Gasteiger partial charge in [0.25, 0.3) is 0 Å². The number of benzene rings is 2. The van der Waals surface area contributed by atoms with Crippen LogP contribution in [0.3, 0.4) is 0 Å². The Kier molecular flexibility index (Phi) is 9.09. The van der Waals surface area contributed by atoms with Crippen molar-refractivity contribution in [2.24, 2.45) is 0 Å². The van der Waals surface area contributed by atoms with Crippen molar-refractivity contribution in [3.05, 3.63) is 131 Å². The second kappa shape index (κ2) is 13.7. The van der Waals surface area contributed by atoms with E-state index in [4.69, 9.17) is 40.8 Å². The monoisotopic (exact) mass is 772 g/mol. The molecule has 0 radical (unpaired) electrons. The van der Waals surface area contributed by atoms with Gasteiger partial charge in [-0.25, -0.2) is 0 Å².